The van der Waals surface area contributed by atoms with Gasteiger partial charge in [0.05, 0.1) is 29.7 Å². The molecule has 5 aromatic rings. The summed E-state index contributed by atoms with van der Waals surface area (Å²) in [6, 6.07) is 25.2. The first-order valence-electron chi connectivity index (χ1n) is 14.2. The lowest BCUT2D eigenvalue weighted by Gasteiger charge is -2.18. The minimum absolute atomic E-state index is 0.0528. The standard InChI is InChI=1S/C29H25N5O6S2.C2HF3O2/c35-27-17-26(42(38,39)34-27)20-12-10-19(11-13-20)16-25(29-31-23-8-4-5-9-24(23)32-29)33-41(36,37)22-14-15-28(30-18-22)40-21-6-2-1-3-7-21;3-2(4,5)1(6)7/h1-15,18,25-26,33H,16-17H2,(H,31,32)(H,34,35);(H,6,7)/t25-,26?;/m0./s1. The first-order chi connectivity index (χ1) is 23.1. The zero-order chi connectivity index (χ0) is 35.4. The second-order valence-electron chi connectivity index (χ2n) is 10.6. The number of ether oxygens (including phenoxy) is 1. The van der Waals surface area contributed by atoms with Crippen LogP contribution in [-0.4, -0.2) is 54.9 Å². The highest BCUT2D eigenvalue weighted by Gasteiger charge is 2.39. The van der Waals surface area contributed by atoms with Gasteiger partial charge < -0.3 is 14.8 Å². The number of carbonyl (C=O) groups excluding carboxylic acids is 1. The van der Waals surface area contributed by atoms with Crippen molar-refractivity contribution in [1.82, 2.24) is 24.4 Å². The van der Waals surface area contributed by atoms with Crippen molar-refractivity contribution in [3.05, 3.63) is 114 Å². The summed E-state index contributed by atoms with van der Waals surface area (Å²) in [6.45, 7) is 0. The maximum atomic E-state index is 13.5. The SMILES string of the molecule is O=C(O)C(F)(F)F.O=C1CC(c2ccc(C[C@H](NS(=O)(=O)c3ccc(Oc4ccccc4)nc3)c3nc4ccccc4[nH]3)cc2)S(=O)(=O)N1. The van der Waals surface area contributed by atoms with Gasteiger partial charge in [-0.2, -0.15) is 13.2 Å². The van der Waals surface area contributed by atoms with Crippen LogP contribution in [0.2, 0.25) is 0 Å². The molecular formula is C31H26F3N5O8S2. The number of carboxylic acid groups (broad SMARTS) is 1. The van der Waals surface area contributed by atoms with Gasteiger partial charge in [0.1, 0.15) is 21.7 Å². The Labute approximate surface area is 277 Å². The molecule has 13 nitrogen and oxygen atoms in total. The highest BCUT2D eigenvalue weighted by Crippen LogP contribution is 2.31. The van der Waals surface area contributed by atoms with Crippen molar-refractivity contribution in [3.63, 3.8) is 0 Å². The number of fused-ring (bicyclic) bond motifs is 1. The van der Waals surface area contributed by atoms with Gasteiger partial charge in [0.25, 0.3) is 0 Å². The summed E-state index contributed by atoms with van der Waals surface area (Å²) in [4.78, 5) is 32.5. The monoisotopic (exact) mass is 717 g/mol. The minimum Gasteiger partial charge on any atom is -0.475 e. The molecule has 0 spiro atoms. The third kappa shape index (κ3) is 8.78. The first-order valence-corrected chi connectivity index (χ1v) is 17.2. The third-order valence-corrected chi connectivity index (χ3v) is 10.2. The molecule has 49 heavy (non-hydrogen) atoms. The number of rotatable bonds is 9. The van der Waals surface area contributed by atoms with E-state index in [-0.39, 0.29) is 23.6 Å². The molecule has 2 aromatic heterocycles. The number of aromatic nitrogens is 3. The van der Waals surface area contributed by atoms with Gasteiger partial charge in [-0.15, -0.1) is 0 Å². The predicted molar refractivity (Wildman–Crippen MR) is 168 cm³/mol. The maximum Gasteiger partial charge on any atom is 0.490 e. The quantitative estimate of drug-likeness (QED) is 0.168. The van der Waals surface area contributed by atoms with E-state index in [1.165, 1.54) is 18.3 Å². The molecule has 6 rings (SSSR count). The Morgan fingerprint density at radius 1 is 1.00 bits per heavy atom. The van der Waals surface area contributed by atoms with Gasteiger partial charge in [0, 0.05) is 6.07 Å². The lowest BCUT2D eigenvalue weighted by atomic mass is 10.0. The third-order valence-electron chi connectivity index (χ3n) is 7.06. The highest BCUT2D eigenvalue weighted by molar-refractivity contribution is 7.90. The Bertz CT molecular complexity index is 2150. The van der Waals surface area contributed by atoms with E-state index in [4.69, 9.17) is 14.6 Å². The fourth-order valence-electron chi connectivity index (χ4n) is 4.73. The van der Waals surface area contributed by atoms with Crippen LogP contribution in [0, 0.1) is 0 Å². The number of nitrogens with one attached hydrogen (secondary N) is 3. The van der Waals surface area contributed by atoms with Crippen LogP contribution in [-0.2, 0) is 36.1 Å². The molecule has 0 aliphatic carbocycles. The first kappa shape index (κ1) is 35.0. The average molecular weight is 718 g/mol. The molecule has 256 valence electrons. The van der Waals surface area contributed by atoms with Crippen molar-refractivity contribution in [1.29, 1.82) is 0 Å². The van der Waals surface area contributed by atoms with E-state index >= 15 is 0 Å². The fourth-order valence-corrected chi connectivity index (χ4v) is 7.31. The number of aliphatic carboxylic acids is 1. The fraction of sp³-hybridized carbons (Fsp3) is 0.161. The number of nitrogens with zero attached hydrogens (tertiary/aromatic N) is 2. The second-order valence-corrected chi connectivity index (χ2v) is 14.1. The van der Waals surface area contributed by atoms with Gasteiger partial charge in [-0.05, 0) is 47.9 Å². The van der Waals surface area contributed by atoms with Crippen molar-refractivity contribution < 1.29 is 49.4 Å². The van der Waals surface area contributed by atoms with Crippen LogP contribution in [0.25, 0.3) is 11.0 Å². The summed E-state index contributed by atoms with van der Waals surface area (Å²) in [6.07, 6.45) is -3.80. The lowest BCUT2D eigenvalue weighted by Crippen LogP contribution is -2.31. The second kappa shape index (κ2) is 14.0. The Morgan fingerprint density at radius 2 is 1.65 bits per heavy atom. The molecule has 1 saturated heterocycles. The summed E-state index contributed by atoms with van der Waals surface area (Å²) >= 11 is 0. The van der Waals surface area contributed by atoms with Gasteiger partial charge in [-0.1, -0.05) is 54.6 Å². The predicted octanol–water partition coefficient (Wildman–Crippen LogP) is 4.54. The van der Waals surface area contributed by atoms with Gasteiger partial charge >= 0.3 is 12.1 Å². The van der Waals surface area contributed by atoms with E-state index in [2.05, 4.69) is 19.7 Å². The minimum atomic E-state index is -5.08. The van der Waals surface area contributed by atoms with Crippen LogP contribution in [0.15, 0.2) is 102 Å². The number of alkyl halides is 3. The zero-order valence-electron chi connectivity index (χ0n) is 25.0. The van der Waals surface area contributed by atoms with Crippen molar-refractivity contribution in [2.75, 3.05) is 0 Å². The van der Waals surface area contributed by atoms with E-state index < -0.39 is 49.4 Å². The molecular weight excluding hydrogens is 691 g/mol. The molecule has 1 aliphatic heterocycles. The number of hydrogen-bond donors (Lipinski definition) is 4. The van der Waals surface area contributed by atoms with Crippen LogP contribution < -0.4 is 14.2 Å². The molecule has 1 unspecified atom stereocenters. The van der Waals surface area contributed by atoms with E-state index in [1.54, 1.807) is 36.4 Å². The topological polar surface area (TPSA) is 198 Å². The molecule has 3 heterocycles. The molecule has 1 fully saturated rings. The Kier molecular flexibility index (Phi) is 10.0. The molecule has 1 amide bonds. The number of hydrogen-bond acceptors (Lipinski definition) is 9. The van der Waals surface area contributed by atoms with Crippen molar-refractivity contribution in [2.24, 2.45) is 0 Å². The number of benzene rings is 3. The highest BCUT2D eigenvalue weighted by atomic mass is 32.2. The summed E-state index contributed by atoms with van der Waals surface area (Å²) in [7, 11) is -7.83. The number of H-pyrrole nitrogens is 1. The molecule has 2 atom stereocenters. The van der Waals surface area contributed by atoms with Gasteiger partial charge in [-0.25, -0.2) is 36.3 Å². The number of carboxylic acids is 1. The zero-order valence-corrected chi connectivity index (χ0v) is 26.6. The smallest absolute Gasteiger partial charge is 0.475 e. The van der Waals surface area contributed by atoms with E-state index in [0.29, 0.717) is 22.7 Å². The lowest BCUT2D eigenvalue weighted by molar-refractivity contribution is -0.192. The van der Waals surface area contributed by atoms with Gasteiger partial charge in [0.2, 0.25) is 31.8 Å². The van der Waals surface area contributed by atoms with Crippen LogP contribution >= 0.6 is 0 Å². The molecule has 1 aliphatic rings. The number of para-hydroxylation sites is 3. The number of sulfonamides is 2. The van der Waals surface area contributed by atoms with Crippen molar-refractivity contribution in [2.45, 2.75) is 35.2 Å². The van der Waals surface area contributed by atoms with Crippen molar-refractivity contribution >= 4 is 43.0 Å². The normalized spacial score (nSPS) is 16.3. The number of halogens is 3. The van der Waals surface area contributed by atoms with Crippen LogP contribution in [0.5, 0.6) is 11.6 Å². The number of pyridine rings is 1. The summed E-state index contributed by atoms with van der Waals surface area (Å²) < 4.78 is 93.7. The summed E-state index contributed by atoms with van der Waals surface area (Å²) in [5.74, 6) is -2.07. The number of amides is 1. The molecule has 4 N–H and O–H groups in total. The maximum absolute atomic E-state index is 13.5. The molecule has 0 radical (unpaired) electrons. The largest absolute Gasteiger partial charge is 0.490 e. The molecule has 0 bridgehead atoms. The average Bonchev–Trinajstić information content (AvgIpc) is 3.61. The number of aromatic amines is 1. The Hall–Kier alpha value is -5.33. The van der Waals surface area contributed by atoms with E-state index in [0.717, 1.165) is 11.1 Å². The molecule has 0 saturated carbocycles. The Morgan fingerprint density at radius 3 is 2.22 bits per heavy atom. The number of imidazole rings is 1. The summed E-state index contributed by atoms with van der Waals surface area (Å²) in [5.41, 5.74) is 2.63. The van der Waals surface area contributed by atoms with Crippen LogP contribution in [0.4, 0.5) is 13.2 Å². The summed E-state index contributed by atoms with van der Waals surface area (Å²) in [5, 5.41) is 6.16. The molecule has 18 heteroatoms. The molecule has 3 aromatic carbocycles. The number of carbonyl (C=O) groups is 2. The van der Waals surface area contributed by atoms with Gasteiger partial charge in [0.15, 0.2) is 0 Å². The van der Waals surface area contributed by atoms with E-state index in [9.17, 15) is 34.8 Å². The van der Waals surface area contributed by atoms with Crippen LogP contribution in [0.3, 0.4) is 0 Å². The van der Waals surface area contributed by atoms with E-state index in [1.807, 2.05) is 47.2 Å². The van der Waals surface area contributed by atoms with Crippen molar-refractivity contribution in [3.8, 4) is 11.6 Å². The Balaban J connectivity index is 0.000000606. The van der Waals surface area contributed by atoms with Crippen LogP contribution in [0.1, 0.15) is 34.7 Å². The van der Waals surface area contributed by atoms with Gasteiger partial charge in [-0.3, -0.25) is 9.52 Å².